The molecule has 0 unspecified atom stereocenters. The quantitative estimate of drug-likeness (QED) is 0.257. The van der Waals surface area contributed by atoms with E-state index >= 15 is 0 Å². The number of morpholine rings is 1. The van der Waals surface area contributed by atoms with Crippen LogP contribution in [-0.4, -0.2) is 62.3 Å². The lowest BCUT2D eigenvalue weighted by Gasteiger charge is -2.27. The molecule has 12 nitrogen and oxygen atoms in total. The summed E-state index contributed by atoms with van der Waals surface area (Å²) in [4.78, 5) is 28.6. The van der Waals surface area contributed by atoms with Gasteiger partial charge in [0.25, 0.3) is 0 Å². The van der Waals surface area contributed by atoms with Crippen molar-refractivity contribution in [1.82, 2.24) is 29.9 Å². The third-order valence-corrected chi connectivity index (χ3v) is 6.72. The highest BCUT2D eigenvalue weighted by atomic mass is 16.5. The molecule has 1 aliphatic heterocycles. The lowest BCUT2D eigenvalue weighted by Crippen LogP contribution is -2.37. The Morgan fingerprint density at radius 1 is 0.927 bits per heavy atom. The maximum Gasteiger partial charge on any atom is 0.323 e. The maximum atomic E-state index is 12.6. The molecule has 41 heavy (non-hydrogen) atoms. The molecule has 0 atom stereocenters. The fourth-order valence-electron chi connectivity index (χ4n) is 4.55. The van der Waals surface area contributed by atoms with Crippen LogP contribution in [0.3, 0.4) is 0 Å². The zero-order valence-corrected chi connectivity index (χ0v) is 22.6. The molecule has 2 amide bonds. The number of rotatable bonds is 8. The van der Waals surface area contributed by atoms with Gasteiger partial charge in [-0.15, -0.1) is 5.10 Å². The van der Waals surface area contributed by atoms with E-state index in [0.29, 0.717) is 54.7 Å². The number of aryl methyl sites for hydroxylation is 1. The Hall–Kier alpha value is -5.10. The van der Waals surface area contributed by atoms with E-state index in [2.05, 4.69) is 36.1 Å². The van der Waals surface area contributed by atoms with E-state index in [9.17, 15) is 4.79 Å². The SMILES string of the molecule is CCn1nnc2c(N3CCOCC3)nc(-c3ccc(NC(=O)Nc4ccc(NCc5cccnc5)cc4)cc3)nc21. The van der Waals surface area contributed by atoms with Crippen molar-refractivity contribution in [2.75, 3.05) is 47.2 Å². The summed E-state index contributed by atoms with van der Waals surface area (Å²) in [5.74, 6) is 1.33. The first-order chi connectivity index (χ1) is 20.2. The van der Waals surface area contributed by atoms with Crippen molar-refractivity contribution in [1.29, 1.82) is 0 Å². The predicted molar refractivity (Wildman–Crippen MR) is 158 cm³/mol. The van der Waals surface area contributed by atoms with Gasteiger partial charge in [-0.3, -0.25) is 4.98 Å². The van der Waals surface area contributed by atoms with E-state index < -0.39 is 0 Å². The number of fused-ring (bicyclic) bond motifs is 1. The van der Waals surface area contributed by atoms with E-state index in [1.54, 1.807) is 10.9 Å². The van der Waals surface area contributed by atoms with Gasteiger partial charge in [-0.05, 0) is 67.1 Å². The summed E-state index contributed by atoms with van der Waals surface area (Å²) in [5, 5.41) is 17.7. The molecular formula is C29H30N10O2. The number of urea groups is 1. The second-order valence-electron chi connectivity index (χ2n) is 9.50. The molecule has 1 aliphatic rings. The van der Waals surface area contributed by atoms with Crippen molar-refractivity contribution < 1.29 is 9.53 Å². The largest absolute Gasteiger partial charge is 0.381 e. The minimum atomic E-state index is -0.334. The summed E-state index contributed by atoms with van der Waals surface area (Å²) in [6, 6.07) is 18.6. The van der Waals surface area contributed by atoms with Gasteiger partial charge in [0.15, 0.2) is 22.8 Å². The van der Waals surface area contributed by atoms with Crippen LogP contribution in [0, 0.1) is 0 Å². The first-order valence-corrected chi connectivity index (χ1v) is 13.5. The van der Waals surface area contributed by atoms with Crippen molar-refractivity contribution in [3.05, 3.63) is 78.6 Å². The number of pyridine rings is 1. The molecule has 0 aliphatic carbocycles. The zero-order valence-electron chi connectivity index (χ0n) is 22.6. The van der Waals surface area contributed by atoms with Crippen molar-refractivity contribution in [2.24, 2.45) is 0 Å². The van der Waals surface area contributed by atoms with Crippen LogP contribution < -0.4 is 20.9 Å². The molecule has 0 saturated carbocycles. The minimum absolute atomic E-state index is 0.334. The van der Waals surface area contributed by atoms with E-state index in [0.717, 1.165) is 35.7 Å². The van der Waals surface area contributed by atoms with Crippen molar-refractivity contribution >= 4 is 40.1 Å². The maximum absolute atomic E-state index is 12.6. The topological polar surface area (TPSA) is 135 Å². The molecule has 1 saturated heterocycles. The Kier molecular flexibility index (Phi) is 7.63. The first kappa shape index (κ1) is 26.1. The molecule has 4 heterocycles. The second-order valence-corrected chi connectivity index (χ2v) is 9.50. The third kappa shape index (κ3) is 6.07. The van der Waals surface area contributed by atoms with Gasteiger partial charge in [-0.1, -0.05) is 11.3 Å². The normalized spacial score (nSPS) is 13.2. The fraction of sp³-hybridized carbons (Fsp3) is 0.241. The van der Waals surface area contributed by atoms with Gasteiger partial charge < -0.3 is 25.6 Å². The van der Waals surface area contributed by atoms with Crippen LogP contribution in [0.4, 0.5) is 27.7 Å². The van der Waals surface area contributed by atoms with Gasteiger partial charge in [0.2, 0.25) is 0 Å². The number of anilines is 4. The van der Waals surface area contributed by atoms with Crippen LogP contribution in [-0.2, 0) is 17.8 Å². The monoisotopic (exact) mass is 550 g/mol. The smallest absolute Gasteiger partial charge is 0.323 e. The number of nitrogens with one attached hydrogen (secondary N) is 3. The molecule has 6 rings (SSSR count). The summed E-state index contributed by atoms with van der Waals surface area (Å²) >= 11 is 0. The Bertz CT molecular complexity index is 1620. The third-order valence-electron chi connectivity index (χ3n) is 6.72. The molecule has 0 spiro atoms. The highest BCUT2D eigenvalue weighted by molar-refractivity contribution is 6.00. The molecular weight excluding hydrogens is 520 g/mol. The molecule has 1 fully saturated rings. The lowest BCUT2D eigenvalue weighted by molar-refractivity contribution is 0.122. The van der Waals surface area contributed by atoms with Gasteiger partial charge in [0, 0.05) is 61.2 Å². The molecule has 12 heteroatoms. The van der Waals surface area contributed by atoms with E-state index in [1.807, 2.05) is 73.8 Å². The van der Waals surface area contributed by atoms with Crippen LogP contribution in [0.25, 0.3) is 22.6 Å². The Morgan fingerprint density at radius 2 is 1.63 bits per heavy atom. The van der Waals surface area contributed by atoms with Gasteiger partial charge in [0.1, 0.15) is 0 Å². The molecule has 208 valence electrons. The molecule has 0 bridgehead atoms. The number of aromatic nitrogens is 6. The minimum Gasteiger partial charge on any atom is -0.381 e. The number of amides is 2. The Morgan fingerprint density at radius 3 is 2.32 bits per heavy atom. The number of carbonyl (C=O) groups excluding carboxylic acids is 1. The number of nitrogens with zero attached hydrogens (tertiary/aromatic N) is 7. The number of hydrogen-bond donors (Lipinski definition) is 3. The van der Waals surface area contributed by atoms with Gasteiger partial charge >= 0.3 is 6.03 Å². The number of benzene rings is 2. The number of carbonyl (C=O) groups is 1. The van der Waals surface area contributed by atoms with Crippen LogP contribution in [0.2, 0.25) is 0 Å². The summed E-state index contributed by atoms with van der Waals surface area (Å²) in [6.07, 6.45) is 3.58. The second kappa shape index (κ2) is 12.0. The number of ether oxygens (including phenoxy) is 1. The molecule has 3 N–H and O–H groups in total. The standard InChI is InChI=1S/C29H30N10O2/c1-2-39-28-25(36-37-39)27(38-14-16-41-17-15-38)34-26(35-28)21-5-7-23(8-6-21)32-29(40)33-24-11-9-22(10-12-24)31-19-20-4-3-13-30-18-20/h3-13,18,31H,2,14-17,19H2,1H3,(H2,32,33,40). The Labute approximate surface area is 236 Å². The lowest BCUT2D eigenvalue weighted by atomic mass is 10.2. The van der Waals surface area contributed by atoms with Gasteiger partial charge in [0.05, 0.1) is 13.2 Å². The summed E-state index contributed by atoms with van der Waals surface area (Å²) in [6.45, 7) is 6.06. The van der Waals surface area contributed by atoms with Crippen molar-refractivity contribution in [3.63, 3.8) is 0 Å². The summed E-state index contributed by atoms with van der Waals surface area (Å²) in [7, 11) is 0. The highest BCUT2D eigenvalue weighted by Gasteiger charge is 2.21. The average Bonchev–Trinajstić information content (AvgIpc) is 3.45. The van der Waals surface area contributed by atoms with Crippen molar-refractivity contribution in [3.8, 4) is 11.4 Å². The molecule has 0 radical (unpaired) electrons. The average molecular weight is 551 g/mol. The van der Waals surface area contributed by atoms with Crippen LogP contribution in [0.5, 0.6) is 0 Å². The first-order valence-electron chi connectivity index (χ1n) is 13.5. The molecule has 2 aromatic carbocycles. The Balaban J connectivity index is 1.11. The van der Waals surface area contributed by atoms with E-state index in [4.69, 9.17) is 14.7 Å². The van der Waals surface area contributed by atoms with Crippen molar-refractivity contribution in [2.45, 2.75) is 20.0 Å². The fourth-order valence-corrected chi connectivity index (χ4v) is 4.55. The number of hydrogen-bond acceptors (Lipinski definition) is 9. The predicted octanol–water partition coefficient (Wildman–Crippen LogP) is 4.40. The highest BCUT2D eigenvalue weighted by Crippen LogP contribution is 2.27. The van der Waals surface area contributed by atoms with Gasteiger partial charge in [-0.2, -0.15) is 0 Å². The molecule has 5 aromatic rings. The van der Waals surface area contributed by atoms with Crippen LogP contribution in [0.1, 0.15) is 12.5 Å². The van der Waals surface area contributed by atoms with E-state index in [-0.39, 0.29) is 6.03 Å². The molecule has 3 aromatic heterocycles. The van der Waals surface area contributed by atoms with Crippen LogP contribution >= 0.6 is 0 Å². The summed E-state index contributed by atoms with van der Waals surface area (Å²) < 4.78 is 7.29. The van der Waals surface area contributed by atoms with E-state index in [1.165, 1.54) is 0 Å². The van der Waals surface area contributed by atoms with Gasteiger partial charge in [-0.25, -0.2) is 19.4 Å². The zero-order chi connectivity index (χ0) is 28.0. The van der Waals surface area contributed by atoms with Crippen LogP contribution in [0.15, 0.2) is 73.1 Å². The summed E-state index contributed by atoms with van der Waals surface area (Å²) in [5.41, 5.74) is 5.58.